The number of benzene rings is 1. The molecule has 1 heterocycles. The molecule has 14 heavy (non-hydrogen) atoms. The predicted molar refractivity (Wildman–Crippen MR) is 55.2 cm³/mol. The molecule has 1 amide bonds. The number of carbonyl (C=O) groups excluding carboxylic acids is 1. The van der Waals surface area contributed by atoms with Crippen molar-refractivity contribution < 1.29 is 9.53 Å². The largest absolute Gasteiger partial charge is 0.442 e. The molecule has 0 saturated carbocycles. The van der Waals surface area contributed by atoms with E-state index < -0.39 is 6.09 Å². The molecule has 1 aromatic rings. The van der Waals surface area contributed by atoms with Gasteiger partial charge in [-0.1, -0.05) is 28.1 Å². The van der Waals surface area contributed by atoms with E-state index in [2.05, 4.69) is 26.5 Å². The third-order valence-corrected chi connectivity index (χ3v) is 2.33. The van der Waals surface area contributed by atoms with Gasteiger partial charge in [0.2, 0.25) is 0 Å². The summed E-state index contributed by atoms with van der Waals surface area (Å²) in [6.45, 7) is 0.216. The molecule has 4 nitrogen and oxygen atoms in total. The number of halogens is 1. The Balaban J connectivity index is 2.23. The van der Waals surface area contributed by atoms with Crippen LogP contribution in [-0.4, -0.2) is 18.4 Å². The topological polar surface area (TPSA) is 50.7 Å². The summed E-state index contributed by atoms with van der Waals surface area (Å²) < 4.78 is 5.78. The van der Waals surface area contributed by atoms with Crippen molar-refractivity contribution in [1.29, 1.82) is 0 Å². The van der Waals surface area contributed by atoms with Gasteiger partial charge in [0.05, 0.1) is 0 Å². The van der Waals surface area contributed by atoms with Gasteiger partial charge in [0.1, 0.15) is 12.3 Å². The molecule has 2 rings (SSSR count). The second kappa shape index (κ2) is 3.79. The van der Waals surface area contributed by atoms with Crippen LogP contribution in [0.2, 0.25) is 0 Å². The first kappa shape index (κ1) is 9.21. The van der Waals surface area contributed by atoms with E-state index >= 15 is 0 Å². The maximum Gasteiger partial charge on any atom is 0.428 e. The van der Waals surface area contributed by atoms with E-state index in [0.29, 0.717) is 0 Å². The Morgan fingerprint density at radius 1 is 1.36 bits per heavy atom. The molecule has 0 atom stereocenters. The van der Waals surface area contributed by atoms with Gasteiger partial charge in [-0.05, 0) is 12.1 Å². The minimum atomic E-state index is -0.508. The Hall–Kier alpha value is -1.36. The van der Waals surface area contributed by atoms with Crippen LogP contribution >= 0.6 is 15.9 Å². The lowest BCUT2D eigenvalue weighted by Crippen LogP contribution is -2.30. The van der Waals surface area contributed by atoms with Gasteiger partial charge in [0.25, 0.3) is 0 Å². The summed E-state index contributed by atoms with van der Waals surface area (Å²) in [7, 11) is 0. The van der Waals surface area contributed by atoms with Crippen molar-refractivity contribution in [3.63, 3.8) is 0 Å². The van der Waals surface area contributed by atoms with E-state index in [1.807, 2.05) is 24.3 Å². The van der Waals surface area contributed by atoms with Crippen LogP contribution in [0.5, 0.6) is 0 Å². The van der Waals surface area contributed by atoms with Gasteiger partial charge < -0.3 is 4.74 Å². The zero-order valence-electron chi connectivity index (χ0n) is 7.16. The molecule has 1 aliphatic heterocycles. The molecule has 0 unspecified atom stereocenters. The van der Waals surface area contributed by atoms with Crippen molar-refractivity contribution >= 4 is 27.7 Å². The van der Waals surface area contributed by atoms with E-state index in [-0.39, 0.29) is 6.61 Å². The summed E-state index contributed by atoms with van der Waals surface area (Å²) in [4.78, 5) is 10.6. The van der Waals surface area contributed by atoms with E-state index in [1.165, 1.54) is 0 Å². The molecular formula is C9H7BrN2O2. The van der Waals surface area contributed by atoms with Crippen molar-refractivity contribution in [2.45, 2.75) is 0 Å². The van der Waals surface area contributed by atoms with Crippen molar-refractivity contribution in [3.05, 3.63) is 34.3 Å². The number of cyclic esters (lactones) is 1. The summed E-state index contributed by atoms with van der Waals surface area (Å²) in [6.07, 6.45) is -0.508. The number of hydrogen-bond donors (Lipinski definition) is 1. The maximum absolute atomic E-state index is 10.6. The van der Waals surface area contributed by atoms with Crippen LogP contribution in [-0.2, 0) is 4.74 Å². The van der Waals surface area contributed by atoms with Crippen molar-refractivity contribution in [1.82, 2.24) is 5.43 Å². The zero-order valence-corrected chi connectivity index (χ0v) is 8.74. The smallest absolute Gasteiger partial charge is 0.428 e. The minimum absolute atomic E-state index is 0.216. The molecule has 0 aromatic heterocycles. The minimum Gasteiger partial charge on any atom is -0.442 e. The highest BCUT2D eigenvalue weighted by atomic mass is 79.9. The number of hydrazone groups is 1. The normalized spacial score (nSPS) is 15.5. The molecule has 1 aromatic carbocycles. The lowest BCUT2D eigenvalue weighted by atomic mass is 10.1. The first-order valence-corrected chi connectivity index (χ1v) is 4.80. The summed E-state index contributed by atoms with van der Waals surface area (Å²) in [5.41, 5.74) is 3.92. The monoisotopic (exact) mass is 254 g/mol. The van der Waals surface area contributed by atoms with Crippen LogP contribution in [0, 0.1) is 0 Å². The summed E-state index contributed by atoms with van der Waals surface area (Å²) in [5, 5.41) is 3.89. The molecule has 0 fully saturated rings. The van der Waals surface area contributed by atoms with Gasteiger partial charge >= 0.3 is 6.09 Å². The number of ether oxygens (including phenoxy) is 1. The van der Waals surface area contributed by atoms with Crippen LogP contribution in [0.3, 0.4) is 0 Å². The second-order valence-electron chi connectivity index (χ2n) is 2.75. The quantitative estimate of drug-likeness (QED) is 0.833. The standard InChI is InChI=1S/C9H7BrN2O2/c10-7-3-1-6(2-4-7)8-5-14-9(13)12-11-8/h1-4H,5H2,(H,12,13). The molecule has 0 saturated heterocycles. The fourth-order valence-corrected chi connectivity index (χ4v) is 1.37. The fourth-order valence-electron chi connectivity index (χ4n) is 1.10. The summed E-state index contributed by atoms with van der Waals surface area (Å²) in [6, 6.07) is 7.63. The van der Waals surface area contributed by atoms with E-state index in [4.69, 9.17) is 4.74 Å². The summed E-state index contributed by atoms with van der Waals surface area (Å²) >= 11 is 3.34. The molecule has 0 bridgehead atoms. The van der Waals surface area contributed by atoms with Crippen LogP contribution in [0.4, 0.5) is 4.79 Å². The molecule has 1 aliphatic rings. The summed E-state index contributed by atoms with van der Waals surface area (Å²) in [5.74, 6) is 0. The number of amides is 1. The lowest BCUT2D eigenvalue weighted by molar-refractivity contribution is 0.157. The van der Waals surface area contributed by atoms with Crippen molar-refractivity contribution in [2.24, 2.45) is 5.10 Å². The van der Waals surface area contributed by atoms with Crippen LogP contribution in [0.1, 0.15) is 5.56 Å². The molecule has 0 spiro atoms. The highest BCUT2D eigenvalue weighted by Gasteiger charge is 2.13. The molecule has 0 aliphatic carbocycles. The van der Waals surface area contributed by atoms with E-state index in [9.17, 15) is 4.79 Å². The van der Waals surface area contributed by atoms with Gasteiger partial charge in [-0.2, -0.15) is 5.10 Å². The molecule has 5 heteroatoms. The SMILES string of the molecule is O=C1NN=C(c2ccc(Br)cc2)CO1. The van der Waals surface area contributed by atoms with Gasteiger partial charge in [-0.15, -0.1) is 0 Å². The molecule has 1 N–H and O–H groups in total. The van der Waals surface area contributed by atoms with Crippen LogP contribution in [0.15, 0.2) is 33.8 Å². The third kappa shape index (κ3) is 1.93. The Morgan fingerprint density at radius 2 is 2.07 bits per heavy atom. The lowest BCUT2D eigenvalue weighted by Gasteiger charge is -2.12. The van der Waals surface area contributed by atoms with Gasteiger partial charge in [0.15, 0.2) is 0 Å². The van der Waals surface area contributed by atoms with Crippen LogP contribution < -0.4 is 5.43 Å². The highest BCUT2D eigenvalue weighted by molar-refractivity contribution is 9.10. The Bertz CT molecular complexity index is 386. The first-order chi connectivity index (χ1) is 6.75. The van der Waals surface area contributed by atoms with Gasteiger partial charge in [-0.3, -0.25) is 0 Å². The Kier molecular flexibility index (Phi) is 2.49. The molecule has 0 radical (unpaired) electrons. The first-order valence-electron chi connectivity index (χ1n) is 4.01. The predicted octanol–water partition coefficient (Wildman–Crippen LogP) is 1.89. The number of carbonyl (C=O) groups is 1. The maximum atomic E-state index is 10.6. The zero-order chi connectivity index (χ0) is 9.97. The number of rotatable bonds is 1. The average molecular weight is 255 g/mol. The average Bonchev–Trinajstić information content (AvgIpc) is 2.21. The molecule has 72 valence electrons. The van der Waals surface area contributed by atoms with Crippen LogP contribution in [0.25, 0.3) is 0 Å². The fraction of sp³-hybridized carbons (Fsp3) is 0.111. The van der Waals surface area contributed by atoms with Gasteiger partial charge in [-0.25, -0.2) is 10.2 Å². The van der Waals surface area contributed by atoms with E-state index in [1.54, 1.807) is 0 Å². The van der Waals surface area contributed by atoms with Crippen molar-refractivity contribution in [2.75, 3.05) is 6.61 Å². The number of nitrogens with one attached hydrogen (secondary N) is 1. The third-order valence-electron chi connectivity index (χ3n) is 1.80. The number of nitrogens with zero attached hydrogens (tertiary/aromatic N) is 1. The second-order valence-corrected chi connectivity index (χ2v) is 3.67. The van der Waals surface area contributed by atoms with Gasteiger partial charge in [0, 0.05) is 10.0 Å². The number of hydrogen-bond acceptors (Lipinski definition) is 3. The van der Waals surface area contributed by atoms with E-state index in [0.717, 1.165) is 15.7 Å². The Morgan fingerprint density at radius 3 is 2.64 bits per heavy atom. The van der Waals surface area contributed by atoms with Crippen molar-refractivity contribution in [3.8, 4) is 0 Å². The Labute approximate surface area is 89.1 Å². The molecular weight excluding hydrogens is 248 g/mol. The highest BCUT2D eigenvalue weighted by Crippen LogP contribution is 2.12.